The number of halogens is 1. The third-order valence-electron chi connectivity index (χ3n) is 3.24. The van der Waals surface area contributed by atoms with E-state index in [0.717, 1.165) is 0 Å². The van der Waals surface area contributed by atoms with Crippen LogP contribution in [0.15, 0.2) is 6.33 Å². The van der Waals surface area contributed by atoms with Gasteiger partial charge in [-0.25, -0.2) is 4.98 Å². The van der Waals surface area contributed by atoms with E-state index < -0.39 is 18.4 Å². The first-order valence-electron chi connectivity index (χ1n) is 6.02. The first-order valence-corrected chi connectivity index (χ1v) is 6.40. The second-order valence-corrected chi connectivity index (χ2v) is 4.80. The quantitative estimate of drug-likeness (QED) is 0.777. The highest BCUT2D eigenvalue weighted by Gasteiger charge is 2.35. The molecule has 1 aliphatic rings. The Hall–Kier alpha value is -1.48. The number of rotatable bonds is 3. The van der Waals surface area contributed by atoms with E-state index in [0.29, 0.717) is 17.6 Å². The second kappa shape index (κ2) is 5.13. The predicted molar refractivity (Wildman–Crippen MR) is 68.5 cm³/mol. The van der Waals surface area contributed by atoms with Crippen LogP contribution in [0.2, 0.25) is 5.15 Å². The fourth-order valence-electron chi connectivity index (χ4n) is 2.22. The zero-order chi connectivity index (χ0) is 14.3. The lowest BCUT2D eigenvalue weighted by molar-refractivity contribution is -0.0432. The lowest BCUT2D eigenvalue weighted by Gasteiger charge is -2.13. The van der Waals surface area contributed by atoms with Gasteiger partial charge in [0, 0.05) is 6.42 Å². The second-order valence-electron chi connectivity index (χ2n) is 4.44. The normalized spacial score (nSPS) is 26.3. The molecule has 0 bridgehead atoms. The lowest BCUT2D eigenvalue weighted by Crippen LogP contribution is -2.24. The standard InChI is InChI=1S/C11H13ClN4O4/c1-19-11-14-9(12)8-10(15-11)16(4-13-8)7-2-5(18)6(3-17)20-7/h4-7,17-18H,2-3H2,1H3/t5-,6+,7-/m1/s1. The Morgan fingerprint density at radius 1 is 1.55 bits per heavy atom. The molecular weight excluding hydrogens is 288 g/mol. The van der Waals surface area contributed by atoms with Gasteiger partial charge in [-0.3, -0.25) is 4.57 Å². The Kier molecular flexibility index (Phi) is 3.47. The molecule has 1 fully saturated rings. The third kappa shape index (κ3) is 2.10. The van der Waals surface area contributed by atoms with Crippen LogP contribution in [-0.4, -0.2) is 55.7 Å². The first kappa shape index (κ1) is 13.5. The zero-order valence-corrected chi connectivity index (χ0v) is 11.4. The van der Waals surface area contributed by atoms with Gasteiger partial charge < -0.3 is 19.7 Å². The third-order valence-corrected chi connectivity index (χ3v) is 3.50. The van der Waals surface area contributed by atoms with Crippen LogP contribution in [0.5, 0.6) is 6.01 Å². The van der Waals surface area contributed by atoms with Gasteiger partial charge in [0.2, 0.25) is 0 Å². The van der Waals surface area contributed by atoms with Crippen molar-refractivity contribution in [3.63, 3.8) is 0 Å². The van der Waals surface area contributed by atoms with Crippen molar-refractivity contribution in [3.8, 4) is 6.01 Å². The largest absolute Gasteiger partial charge is 0.467 e. The molecule has 0 aromatic carbocycles. The molecule has 2 N–H and O–H groups in total. The summed E-state index contributed by atoms with van der Waals surface area (Å²) < 4.78 is 12.2. The van der Waals surface area contributed by atoms with Crippen molar-refractivity contribution in [3.05, 3.63) is 11.5 Å². The summed E-state index contributed by atoms with van der Waals surface area (Å²) in [4.78, 5) is 12.3. The summed E-state index contributed by atoms with van der Waals surface area (Å²) in [5, 5.41) is 19.1. The molecule has 3 heterocycles. The SMILES string of the molecule is COc1nc(Cl)c2ncn([C@H]3C[C@@H](O)[C@H](CO)O3)c2n1. The molecule has 1 aliphatic heterocycles. The summed E-state index contributed by atoms with van der Waals surface area (Å²) in [6.45, 7) is -0.247. The van der Waals surface area contributed by atoms with Crippen LogP contribution >= 0.6 is 11.6 Å². The average molecular weight is 301 g/mol. The Balaban J connectivity index is 2.02. The molecule has 0 saturated carbocycles. The van der Waals surface area contributed by atoms with Gasteiger partial charge >= 0.3 is 6.01 Å². The van der Waals surface area contributed by atoms with Gasteiger partial charge in [-0.05, 0) is 0 Å². The molecule has 0 amide bonds. The number of hydrogen-bond donors (Lipinski definition) is 2. The predicted octanol–water partition coefficient (Wildman–Crippen LogP) is 0.129. The summed E-state index contributed by atoms with van der Waals surface area (Å²) >= 11 is 6.01. The molecular formula is C11H13ClN4O4. The van der Waals surface area contributed by atoms with Crippen molar-refractivity contribution in [1.29, 1.82) is 0 Å². The van der Waals surface area contributed by atoms with E-state index >= 15 is 0 Å². The number of aliphatic hydroxyl groups is 2. The molecule has 8 nitrogen and oxygen atoms in total. The van der Waals surface area contributed by atoms with Crippen LogP contribution in [0.25, 0.3) is 11.2 Å². The van der Waals surface area contributed by atoms with Crippen LogP contribution in [0, 0.1) is 0 Å². The van der Waals surface area contributed by atoms with E-state index in [2.05, 4.69) is 15.0 Å². The number of ether oxygens (including phenoxy) is 2. The highest BCUT2D eigenvalue weighted by molar-refractivity contribution is 6.33. The van der Waals surface area contributed by atoms with Gasteiger partial charge in [0.1, 0.15) is 17.8 Å². The molecule has 108 valence electrons. The number of aliphatic hydroxyl groups excluding tert-OH is 2. The van der Waals surface area contributed by atoms with Crippen LogP contribution in [0.4, 0.5) is 0 Å². The number of methoxy groups -OCH3 is 1. The summed E-state index contributed by atoms with van der Waals surface area (Å²) in [5.74, 6) is 0. The van der Waals surface area contributed by atoms with E-state index in [-0.39, 0.29) is 17.8 Å². The summed E-state index contributed by atoms with van der Waals surface area (Å²) in [6.07, 6.45) is 0.0312. The van der Waals surface area contributed by atoms with E-state index in [1.807, 2.05) is 0 Å². The highest BCUT2D eigenvalue weighted by atomic mass is 35.5. The number of imidazole rings is 1. The summed E-state index contributed by atoms with van der Waals surface area (Å²) in [5.41, 5.74) is 0.885. The van der Waals surface area contributed by atoms with Gasteiger partial charge in [-0.2, -0.15) is 9.97 Å². The molecule has 3 atom stereocenters. The van der Waals surface area contributed by atoms with Gasteiger partial charge in [0.25, 0.3) is 0 Å². The Morgan fingerprint density at radius 3 is 3.00 bits per heavy atom. The van der Waals surface area contributed by atoms with Crippen molar-refractivity contribution >= 4 is 22.8 Å². The minimum Gasteiger partial charge on any atom is -0.467 e. The number of nitrogens with zero attached hydrogens (tertiary/aromatic N) is 4. The van der Waals surface area contributed by atoms with Crippen LogP contribution in [-0.2, 0) is 4.74 Å². The molecule has 1 saturated heterocycles. The molecule has 2 aromatic heterocycles. The Morgan fingerprint density at radius 2 is 2.35 bits per heavy atom. The first-order chi connectivity index (χ1) is 9.63. The maximum Gasteiger partial charge on any atom is 0.319 e. The number of hydrogen-bond acceptors (Lipinski definition) is 7. The minimum atomic E-state index is -0.735. The van der Waals surface area contributed by atoms with Crippen LogP contribution in [0.3, 0.4) is 0 Å². The van der Waals surface area contributed by atoms with Gasteiger partial charge in [-0.15, -0.1) is 0 Å². The molecule has 0 aliphatic carbocycles. The number of fused-ring (bicyclic) bond motifs is 1. The molecule has 0 radical (unpaired) electrons. The Bertz CT molecular complexity index is 634. The summed E-state index contributed by atoms with van der Waals surface area (Å²) in [6, 6.07) is 0.126. The molecule has 20 heavy (non-hydrogen) atoms. The molecule has 9 heteroatoms. The van der Waals surface area contributed by atoms with Crippen molar-refractivity contribution in [2.45, 2.75) is 24.9 Å². The van der Waals surface area contributed by atoms with Gasteiger partial charge in [0.05, 0.1) is 26.1 Å². The van der Waals surface area contributed by atoms with E-state index in [9.17, 15) is 5.11 Å². The maximum atomic E-state index is 9.78. The van der Waals surface area contributed by atoms with Crippen LogP contribution in [0.1, 0.15) is 12.6 Å². The van der Waals surface area contributed by atoms with Crippen molar-refractivity contribution in [1.82, 2.24) is 19.5 Å². The minimum absolute atomic E-state index is 0.126. The maximum absolute atomic E-state index is 9.78. The fraction of sp³-hybridized carbons (Fsp3) is 0.545. The average Bonchev–Trinajstić information content (AvgIpc) is 3.01. The number of aromatic nitrogens is 4. The van der Waals surface area contributed by atoms with Gasteiger partial charge in [-0.1, -0.05) is 11.6 Å². The van der Waals surface area contributed by atoms with Crippen LogP contribution < -0.4 is 4.74 Å². The topological polar surface area (TPSA) is 103 Å². The fourth-order valence-corrected chi connectivity index (χ4v) is 2.42. The lowest BCUT2D eigenvalue weighted by atomic mass is 10.2. The molecule has 0 unspecified atom stereocenters. The van der Waals surface area contributed by atoms with Gasteiger partial charge in [0.15, 0.2) is 10.8 Å². The van der Waals surface area contributed by atoms with Crippen molar-refractivity contribution < 1.29 is 19.7 Å². The Labute approximate surface area is 118 Å². The van der Waals surface area contributed by atoms with E-state index in [1.165, 1.54) is 13.4 Å². The zero-order valence-electron chi connectivity index (χ0n) is 10.6. The summed E-state index contributed by atoms with van der Waals surface area (Å²) in [7, 11) is 1.44. The molecule has 3 rings (SSSR count). The van der Waals surface area contributed by atoms with E-state index in [1.54, 1.807) is 4.57 Å². The van der Waals surface area contributed by atoms with E-state index in [4.69, 9.17) is 26.2 Å². The van der Waals surface area contributed by atoms with Crippen molar-refractivity contribution in [2.75, 3.05) is 13.7 Å². The highest BCUT2D eigenvalue weighted by Crippen LogP contribution is 2.32. The molecule has 0 spiro atoms. The van der Waals surface area contributed by atoms with Crippen molar-refractivity contribution in [2.24, 2.45) is 0 Å². The monoisotopic (exact) mass is 300 g/mol. The molecule has 2 aromatic rings. The smallest absolute Gasteiger partial charge is 0.319 e.